The summed E-state index contributed by atoms with van der Waals surface area (Å²) in [6.07, 6.45) is 2.01. The first-order valence-electron chi connectivity index (χ1n) is 6.86. The summed E-state index contributed by atoms with van der Waals surface area (Å²) in [7, 11) is 3.29. The number of likely N-dealkylation sites (N-methyl/N-ethyl adjacent to an activating group) is 1. The van der Waals surface area contributed by atoms with E-state index in [0.29, 0.717) is 17.8 Å². The van der Waals surface area contributed by atoms with E-state index in [9.17, 15) is 14.9 Å². The van der Waals surface area contributed by atoms with Gasteiger partial charge >= 0.3 is 0 Å². The number of anilines is 1. The molecular formula is C14H19N3O4. The fraction of sp³-hybridized carbons (Fsp3) is 0.500. The molecule has 1 N–H and O–H groups in total. The summed E-state index contributed by atoms with van der Waals surface area (Å²) in [6.45, 7) is 1.23. The number of ether oxygens (including phenoxy) is 1. The Kier molecular flexibility index (Phi) is 4.74. The second-order valence-electron chi connectivity index (χ2n) is 5.06. The standard InChI is InChI=1S/C14H19N3O4/c1-15-12-6-5-10(8-13(12)17(19)20)14(18)16(2)9-11-4-3-7-21-11/h5-6,8,11,15H,3-4,7,9H2,1-2H3. The van der Waals surface area contributed by atoms with Crippen LogP contribution in [-0.2, 0) is 4.74 Å². The Morgan fingerprint density at radius 1 is 1.57 bits per heavy atom. The minimum Gasteiger partial charge on any atom is -0.383 e. The van der Waals surface area contributed by atoms with Gasteiger partial charge < -0.3 is 15.0 Å². The van der Waals surface area contributed by atoms with Crippen LogP contribution in [0.4, 0.5) is 11.4 Å². The predicted octanol–water partition coefficient (Wildman–Crippen LogP) is 1.89. The van der Waals surface area contributed by atoms with Crippen molar-refractivity contribution in [1.82, 2.24) is 4.90 Å². The highest BCUT2D eigenvalue weighted by Crippen LogP contribution is 2.25. The van der Waals surface area contributed by atoms with E-state index in [1.54, 1.807) is 31.1 Å². The van der Waals surface area contributed by atoms with E-state index >= 15 is 0 Å². The molecule has 7 nitrogen and oxygen atoms in total. The number of hydrogen-bond acceptors (Lipinski definition) is 5. The number of carbonyl (C=O) groups excluding carboxylic acids is 1. The van der Waals surface area contributed by atoms with Gasteiger partial charge in [0.1, 0.15) is 5.69 Å². The molecule has 0 bridgehead atoms. The van der Waals surface area contributed by atoms with E-state index in [-0.39, 0.29) is 17.7 Å². The van der Waals surface area contributed by atoms with Crippen molar-refractivity contribution in [1.29, 1.82) is 0 Å². The molecule has 1 aliphatic rings. The molecule has 114 valence electrons. The van der Waals surface area contributed by atoms with Crippen molar-refractivity contribution >= 4 is 17.3 Å². The number of hydrogen-bond donors (Lipinski definition) is 1. The quantitative estimate of drug-likeness (QED) is 0.662. The van der Waals surface area contributed by atoms with E-state index in [0.717, 1.165) is 19.4 Å². The highest BCUT2D eigenvalue weighted by molar-refractivity contribution is 5.95. The molecular weight excluding hydrogens is 274 g/mol. The normalized spacial score (nSPS) is 17.5. The van der Waals surface area contributed by atoms with Gasteiger partial charge in [-0.1, -0.05) is 0 Å². The zero-order chi connectivity index (χ0) is 15.4. The molecule has 0 spiro atoms. The number of rotatable bonds is 5. The van der Waals surface area contributed by atoms with Crippen LogP contribution in [0.2, 0.25) is 0 Å². The average molecular weight is 293 g/mol. The fourth-order valence-electron chi connectivity index (χ4n) is 2.42. The molecule has 1 saturated heterocycles. The van der Waals surface area contributed by atoms with Crippen molar-refractivity contribution in [3.8, 4) is 0 Å². The van der Waals surface area contributed by atoms with Crippen LogP contribution < -0.4 is 5.32 Å². The number of benzene rings is 1. The fourth-order valence-corrected chi connectivity index (χ4v) is 2.42. The van der Waals surface area contributed by atoms with Crippen molar-refractivity contribution in [2.45, 2.75) is 18.9 Å². The third kappa shape index (κ3) is 3.49. The van der Waals surface area contributed by atoms with Gasteiger partial charge in [-0.05, 0) is 25.0 Å². The summed E-state index contributed by atoms with van der Waals surface area (Å²) < 4.78 is 5.50. The first kappa shape index (κ1) is 15.2. The average Bonchev–Trinajstić information content (AvgIpc) is 2.98. The Balaban J connectivity index is 2.14. The van der Waals surface area contributed by atoms with Crippen LogP contribution in [0.1, 0.15) is 23.2 Å². The largest absolute Gasteiger partial charge is 0.383 e. The highest BCUT2D eigenvalue weighted by Gasteiger charge is 2.23. The van der Waals surface area contributed by atoms with Crippen LogP contribution in [0, 0.1) is 10.1 Å². The van der Waals surface area contributed by atoms with Gasteiger partial charge in [0.25, 0.3) is 11.6 Å². The Morgan fingerprint density at radius 3 is 2.90 bits per heavy atom. The third-order valence-electron chi connectivity index (χ3n) is 3.56. The molecule has 0 saturated carbocycles. The maximum atomic E-state index is 12.3. The second kappa shape index (κ2) is 6.53. The Labute approximate surface area is 123 Å². The van der Waals surface area contributed by atoms with Crippen molar-refractivity contribution in [2.24, 2.45) is 0 Å². The molecule has 1 fully saturated rings. The first-order valence-corrected chi connectivity index (χ1v) is 6.86. The van der Waals surface area contributed by atoms with Crippen LogP contribution in [0.3, 0.4) is 0 Å². The predicted molar refractivity (Wildman–Crippen MR) is 78.6 cm³/mol. The Hall–Kier alpha value is -2.15. The molecule has 21 heavy (non-hydrogen) atoms. The molecule has 1 atom stereocenters. The van der Waals surface area contributed by atoms with Gasteiger partial charge in [-0.25, -0.2) is 0 Å². The Morgan fingerprint density at radius 2 is 2.33 bits per heavy atom. The van der Waals surface area contributed by atoms with Crippen LogP contribution in [0.15, 0.2) is 18.2 Å². The highest BCUT2D eigenvalue weighted by atomic mass is 16.6. The van der Waals surface area contributed by atoms with Gasteiger partial charge in [0.05, 0.1) is 11.0 Å². The molecule has 2 rings (SSSR count). The van der Waals surface area contributed by atoms with Crippen LogP contribution in [-0.4, -0.2) is 49.1 Å². The molecule has 1 aliphatic heterocycles. The van der Waals surface area contributed by atoms with Crippen molar-refractivity contribution < 1.29 is 14.5 Å². The molecule has 0 aliphatic carbocycles. The topological polar surface area (TPSA) is 84.7 Å². The number of nitrogens with one attached hydrogen (secondary N) is 1. The zero-order valence-corrected chi connectivity index (χ0v) is 12.2. The number of amides is 1. The summed E-state index contributed by atoms with van der Waals surface area (Å²) in [6, 6.07) is 4.44. The summed E-state index contributed by atoms with van der Waals surface area (Å²) in [5.74, 6) is -0.240. The summed E-state index contributed by atoms with van der Waals surface area (Å²) >= 11 is 0. The molecule has 7 heteroatoms. The number of nitro groups is 1. The van der Waals surface area contributed by atoms with Crippen LogP contribution in [0.5, 0.6) is 0 Å². The number of nitro benzene ring substituents is 1. The maximum Gasteiger partial charge on any atom is 0.293 e. The SMILES string of the molecule is CNc1ccc(C(=O)N(C)CC2CCCO2)cc1[N+](=O)[O-]. The van der Waals surface area contributed by atoms with Crippen molar-refractivity contribution in [3.05, 3.63) is 33.9 Å². The summed E-state index contributed by atoms with van der Waals surface area (Å²) in [4.78, 5) is 24.4. The third-order valence-corrected chi connectivity index (χ3v) is 3.56. The van der Waals surface area contributed by atoms with E-state index in [2.05, 4.69) is 5.32 Å². The maximum absolute atomic E-state index is 12.3. The molecule has 1 aromatic carbocycles. The lowest BCUT2D eigenvalue weighted by Gasteiger charge is -2.21. The van der Waals surface area contributed by atoms with Gasteiger partial charge in [0.15, 0.2) is 0 Å². The minimum absolute atomic E-state index is 0.0607. The smallest absolute Gasteiger partial charge is 0.293 e. The monoisotopic (exact) mass is 293 g/mol. The second-order valence-corrected chi connectivity index (χ2v) is 5.06. The zero-order valence-electron chi connectivity index (χ0n) is 12.2. The summed E-state index contributed by atoms with van der Waals surface area (Å²) in [5.41, 5.74) is 0.591. The molecule has 1 heterocycles. The Bertz CT molecular complexity index is 541. The van der Waals surface area contributed by atoms with Crippen molar-refractivity contribution in [2.75, 3.05) is 32.6 Å². The van der Waals surface area contributed by atoms with Gasteiger partial charge in [-0.3, -0.25) is 14.9 Å². The van der Waals surface area contributed by atoms with Gasteiger partial charge in [0.2, 0.25) is 0 Å². The van der Waals surface area contributed by atoms with E-state index in [4.69, 9.17) is 4.74 Å². The van der Waals surface area contributed by atoms with E-state index in [1.165, 1.54) is 6.07 Å². The molecule has 0 radical (unpaired) electrons. The molecule has 1 amide bonds. The lowest BCUT2D eigenvalue weighted by Crippen LogP contribution is -2.34. The van der Waals surface area contributed by atoms with Gasteiger partial charge in [-0.15, -0.1) is 0 Å². The van der Waals surface area contributed by atoms with E-state index < -0.39 is 4.92 Å². The van der Waals surface area contributed by atoms with Gasteiger partial charge in [0, 0.05) is 38.9 Å². The lowest BCUT2D eigenvalue weighted by atomic mass is 10.1. The summed E-state index contributed by atoms with van der Waals surface area (Å²) in [5, 5.41) is 13.8. The van der Waals surface area contributed by atoms with Gasteiger partial charge in [-0.2, -0.15) is 0 Å². The van der Waals surface area contributed by atoms with Crippen molar-refractivity contribution in [3.63, 3.8) is 0 Å². The lowest BCUT2D eigenvalue weighted by molar-refractivity contribution is -0.384. The molecule has 0 aromatic heterocycles. The van der Waals surface area contributed by atoms with Crippen LogP contribution in [0.25, 0.3) is 0 Å². The van der Waals surface area contributed by atoms with E-state index in [1.807, 2.05) is 0 Å². The number of nitrogens with zero attached hydrogens (tertiary/aromatic N) is 2. The molecule has 1 aromatic rings. The van der Waals surface area contributed by atoms with Crippen LogP contribution >= 0.6 is 0 Å². The minimum atomic E-state index is -0.497. The number of carbonyl (C=O) groups is 1. The first-order chi connectivity index (χ1) is 10.0. The molecule has 1 unspecified atom stereocenters.